The fourth-order valence-corrected chi connectivity index (χ4v) is 3.32. The van der Waals surface area contributed by atoms with Crippen molar-refractivity contribution in [2.24, 2.45) is 0 Å². The van der Waals surface area contributed by atoms with Gasteiger partial charge in [-0.05, 0) is 53.7 Å². The highest BCUT2D eigenvalue weighted by Crippen LogP contribution is 2.33. The Labute approximate surface area is 162 Å². The molecule has 27 heavy (non-hydrogen) atoms. The molecular weight excluding hydrogens is 390 g/mol. The van der Waals surface area contributed by atoms with Crippen molar-refractivity contribution in [3.63, 3.8) is 0 Å². The lowest BCUT2D eigenvalue weighted by Gasteiger charge is -2.13. The number of tetrazole rings is 1. The minimum Gasteiger partial charge on any atom is -0.490 e. The minimum absolute atomic E-state index is 0.235. The van der Waals surface area contributed by atoms with Crippen molar-refractivity contribution in [2.45, 2.75) is 18.4 Å². The van der Waals surface area contributed by atoms with Crippen LogP contribution < -0.4 is 10.1 Å². The quantitative estimate of drug-likeness (QED) is 0.642. The average Bonchev–Trinajstić information content (AvgIpc) is 3.10. The maximum absolute atomic E-state index is 11.6. The van der Waals surface area contributed by atoms with Crippen molar-refractivity contribution in [3.8, 4) is 11.4 Å². The summed E-state index contributed by atoms with van der Waals surface area (Å²) in [5.74, 6) is 1.11. The van der Waals surface area contributed by atoms with Crippen molar-refractivity contribution in [2.75, 3.05) is 18.2 Å². The lowest BCUT2D eigenvalue weighted by atomic mass is 10.3. The second-order valence-corrected chi connectivity index (χ2v) is 8.10. The Morgan fingerprint density at radius 3 is 2.59 bits per heavy atom. The first-order valence-corrected chi connectivity index (χ1v) is 10.4. The summed E-state index contributed by atoms with van der Waals surface area (Å²) in [7, 11) is -3.26. The van der Waals surface area contributed by atoms with Gasteiger partial charge in [0.05, 0.1) is 34.4 Å². The Morgan fingerprint density at radius 1 is 1.19 bits per heavy atom. The van der Waals surface area contributed by atoms with Crippen LogP contribution in [0, 0.1) is 0 Å². The molecule has 0 saturated carbocycles. The van der Waals surface area contributed by atoms with E-state index in [1.54, 1.807) is 18.2 Å². The summed E-state index contributed by atoms with van der Waals surface area (Å²) in [6.07, 6.45) is 1.16. The Morgan fingerprint density at radius 2 is 1.93 bits per heavy atom. The molecule has 10 heteroatoms. The van der Waals surface area contributed by atoms with Gasteiger partial charge in [0, 0.05) is 6.26 Å². The van der Waals surface area contributed by atoms with E-state index in [2.05, 4.69) is 20.8 Å². The van der Waals surface area contributed by atoms with Gasteiger partial charge in [-0.2, -0.15) is 4.68 Å². The first-order chi connectivity index (χ1) is 12.9. The zero-order valence-corrected chi connectivity index (χ0v) is 16.3. The second kappa shape index (κ2) is 7.93. The fraction of sp³-hybridized carbons (Fsp3) is 0.235. The Balaban J connectivity index is 1.82. The highest BCUT2D eigenvalue weighted by Gasteiger charge is 2.13. The highest BCUT2D eigenvalue weighted by atomic mass is 35.5. The summed E-state index contributed by atoms with van der Waals surface area (Å²) >= 11 is 6.19. The number of anilines is 1. The number of hydrogen-bond donors (Lipinski definition) is 1. The third-order valence-electron chi connectivity index (χ3n) is 3.74. The number of sulfone groups is 1. The molecule has 1 heterocycles. The van der Waals surface area contributed by atoms with Crippen LogP contribution in [-0.2, 0) is 16.4 Å². The molecule has 3 aromatic rings. The highest BCUT2D eigenvalue weighted by molar-refractivity contribution is 7.90. The van der Waals surface area contributed by atoms with Crippen molar-refractivity contribution >= 4 is 27.1 Å². The smallest absolute Gasteiger partial charge is 0.175 e. The lowest BCUT2D eigenvalue weighted by molar-refractivity contribution is 0.342. The first-order valence-electron chi connectivity index (χ1n) is 8.13. The largest absolute Gasteiger partial charge is 0.490 e. The molecule has 0 unspecified atom stereocenters. The number of nitrogens with zero attached hydrogens (tertiary/aromatic N) is 4. The molecule has 0 spiro atoms. The Bertz CT molecular complexity index is 1030. The molecule has 2 aromatic carbocycles. The third-order valence-corrected chi connectivity index (χ3v) is 5.16. The van der Waals surface area contributed by atoms with E-state index in [1.165, 1.54) is 16.8 Å². The predicted molar refractivity (Wildman–Crippen MR) is 102 cm³/mol. The number of benzene rings is 2. The van der Waals surface area contributed by atoms with Crippen molar-refractivity contribution in [3.05, 3.63) is 53.3 Å². The summed E-state index contributed by atoms with van der Waals surface area (Å²) in [4.78, 5) is 0.235. The molecule has 1 N–H and O–H groups in total. The number of aromatic nitrogens is 4. The molecule has 0 atom stereocenters. The monoisotopic (exact) mass is 407 g/mol. The molecule has 0 radical (unpaired) electrons. The topological polar surface area (TPSA) is 99.0 Å². The predicted octanol–water partition coefficient (Wildman–Crippen LogP) is 2.73. The minimum atomic E-state index is -3.26. The SMILES string of the molecule is CCOc1c(Cl)cccc1NCc1nnnn1-c1ccc(S(C)(=O)=O)cc1. The van der Waals surface area contributed by atoms with Crippen LogP contribution in [0.15, 0.2) is 47.4 Å². The van der Waals surface area contributed by atoms with E-state index in [9.17, 15) is 8.42 Å². The fourth-order valence-electron chi connectivity index (χ4n) is 2.46. The van der Waals surface area contributed by atoms with Crippen LogP contribution in [0.3, 0.4) is 0 Å². The van der Waals surface area contributed by atoms with Crippen LogP contribution in [0.25, 0.3) is 5.69 Å². The zero-order chi connectivity index (χ0) is 19.4. The number of halogens is 1. The molecule has 0 saturated heterocycles. The molecule has 0 aliphatic carbocycles. The summed E-state index contributed by atoms with van der Waals surface area (Å²) < 4.78 is 30.3. The molecule has 3 rings (SSSR count). The molecule has 0 aliphatic heterocycles. The van der Waals surface area contributed by atoms with Gasteiger partial charge in [0.1, 0.15) is 0 Å². The summed E-state index contributed by atoms with van der Waals surface area (Å²) in [6.45, 7) is 2.69. The number of rotatable bonds is 7. The molecule has 0 aliphatic rings. The van der Waals surface area contributed by atoms with Gasteiger partial charge in [0.2, 0.25) is 0 Å². The third kappa shape index (κ3) is 4.37. The Kier molecular flexibility index (Phi) is 5.62. The van der Waals surface area contributed by atoms with Crippen LogP contribution in [0.1, 0.15) is 12.7 Å². The number of ether oxygens (including phenoxy) is 1. The van der Waals surface area contributed by atoms with Crippen molar-refractivity contribution in [1.82, 2.24) is 20.2 Å². The zero-order valence-electron chi connectivity index (χ0n) is 14.8. The first kappa shape index (κ1) is 19.1. The summed E-state index contributed by atoms with van der Waals surface area (Å²) in [5.41, 5.74) is 1.38. The van der Waals surface area contributed by atoms with Crippen LogP contribution in [-0.4, -0.2) is 41.5 Å². The van der Waals surface area contributed by atoms with E-state index in [4.69, 9.17) is 16.3 Å². The van der Waals surface area contributed by atoms with Gasteiger partial charge in [0.15, 0.2) is 21.4 Å². The standard InChI is InChI=1S/C17H18ClN5O3S/c1-3-26-17-14(18)5-4-6-15(17)19-11-16-20-21-22-23(16)12-7-9-13(10-8-12)27(2,24)25/h4-10,19H,3,11H2,1-2H3. The van der Waals surface area contributed by atoms with E-state index in [1.807, 2.05) is 19.1 Å². The maximum atomic E-state index is 11.6. The van der Waals surface area contributed by atoms with Crippen molar-refractivity contribution < 1.29 is 13.2 Å². The average molecular weight is 408 g/mol. The molecule has 0 bridgehead atoms. The molecule has 0 amide bonds. The number of para-hydroxylation sites is 1. The number of nitrogens with one attached hydrogen (secondary N) is 1. The van der Waals surface area contributed by atoms with Crippen LogP contribution in [0.2, 0.25) is 5.02 Å². The van der Waals surface area contributed by atoms with E-state index < -0.39 is 9.84 Å². The molecule has 8 nitrogen and oxygen atoms in total. The summed E-state index contributed by atoms with van der Waals surface area (Å²) in [5, 5.41) is 15.4. The second-order valence-electron chi connectivity index (χ2n) is 5.68. The summed E-state index contributed by atoms with van der Waals surface area (Å²) in [6, 6.07) is 11.8. The van der Waals surface area contributed by atoms with Crippen LogP contribution in [0.5, 0.6) is 5.75 Å². The Hall–Kier alpha value is -2.65. The van der Waals surface area contributed by atoms with E-state index in [-0.39, 0.29) is 4.90 Å². The molecule has 1 aromatic heterocycles. The van der Waals surface area contributed by atoms with Gasteiger partial charge in [-0.15, -0.1) is 5.10 Å². The van der Waals surface area contributed by atoms with Gasteiger partial charge < -0.3 is 10.1 Å². The van der Waals surface area contributed by atoms with E-state index >= 15 is 0 Å². The van der Waals surface area contributed by atoms with Gasteiger partial charge in [-0.25, -0.2) is 8.42 Å². The molecule has 0 fully saturated rings. The van der Waals surface area contributed by atoms with Crippen LogP contribution in [0.4, 0.5) is 5.69 Å². The van der Waals surface area contributed by atoms with Gasteiger partial charge in [-0.3, -0.25) is 0 Å². The van der Waals surface area contributed by atoms with E-state index in [0.29, 0.717) is 35.4 Å². The van der Waals surface area contributed by atoms with E-state index in [0.717, 1.165) is 11.9 Å². The van der Waals surface area contributed by atoms with Crippen LogP contribution >= 0.6 is 11.6 Å². The van der Waals surface area contributed by atoms with Gasteiger partial charge in [-0.1, -0.05) is 17.7 Å². The number of hydrogen-bond acceptors (Lipinski definition) is 7. The van der Waals surface area contributed by atoms with Gasteiger partial charge >= 0.3 is 0 Å². The molecule has 142 valence electrons. The maximum Gasteiger partial charge on any atom is 0.175 e. The lowest BCUT2D eigenvalue weighted by Crippen LogP contribution is -2.10. The molecular formula is C17H18ClN5O3S. The van der Waals surface area contributed by atoms with Gasteiger partial charge in [0.25, 0.3) is 0 Å². The normalized spacial score (nSPS) is 11.4. The van der Waals surface area contributed by atoms with Crippen molar-refractivity contribution in [1.29, 1.82) is 0 Å².